The van der Waals surface area contributed by atoms with Crippen molar-refractivity contribution in [2.75, 3.05) is 50.4 Å². The molecule has 0 bridgehead atoms. The predicted octanol–water partition coefficient (Wildman–Crippen LogP) is 2.65. The molecule has 0 unspecified atom stereocenters. The van der Waals surface area contributed by atoms with Crippen LogP contribution in [0.2, 0.25) is 0 Å². The van der Waals surface area contributed by atoms with Gasteiger partial charge in [-0.25, -0.2) is 15.0 Å². The van der Waals surface area contributed by atoms with Crippen molar-refractivity contribution in [3.05, 3.63) is 42.5 Å². The van der Waals surface area contributed by atoms with Crippen LogP contribution in [-0.2, 0) is 6.54 Å². The van der Waals surface area contributed by atoms with Gasteiger partial charge in [-0.05, 0) is 38.4 Å². The summed E-state index contributed by atoms with van der Waals surface area (Å²) in [6.45, 7) is 6.26. The highest BCUT2D eigenvalue weighted by Crippen LogP contribution is 2.33. The average molecular weight is 435 g/mol. The van der Waals surface area contributed by atoms with Gasteiger partial charge in [0.2, 0.25) is 0 Å². The lowest BCUT2D eigenvalue weighted by atomic mass is 9.95. The number of aliphatic imine (C=N–C) groups is 1. The Morgan fingerprint density at radius 3 is 2.72 bits per heavy atom. The van der Waals surface area contributed by atoms with Crippen LogP contribution in [-0.4, -0.2) is 70.4 Å². The number of anilines is 2. The van der Waals surface area contributed by atoms with Crippen molar-refractivity contribution in [1.29, 1.82) is 0 Å². The van der Waals surface area contributed by atoms with Crippen LogP contribution in [0.1, 0.15) is 36.6 Å². The summed E-state index contributed by atoms with van der Waals surface area (Å²) in [6, 6.07) is 1.98. The van der Waals surface area contributed by atoms with Crippen LogP contribution in [0, 0.1) is 0 Å². The van der Waals surface area contributed by atoms with Gasteiger partial charge >= 0.3 is 0 Å². The summed E-state index contributed by atoms with van der Waals surface area (Å²) in [7, 11) is 1.74. The molecular weight excluding hydrogens is 404 g/mol. The Bertz CT molecular complexity index is 1060. The Morgan fingerprint density at radius 2 is 2.03 bits per heavy atom. The summed E-state index contributed by atoms with van der Waals surface area (Å²) in [5, 5.41) is 0. The minimum atomic E-state index is 0.408. The van der Waals surface area contributed by atoms with Gasteiger partial charge in [-0.2, -0.15) is 0 Å². The molecule has 9 nitrogen and oxygen atoms in total. The van der Waals surface area contributed by atoms with E-state index in [-0.39, 0.29) is 0 Å². The Morgan fingerprint density at radius 1 is 1.19 bits per heavy atom. The highest BCUT2D eigenvalue weighted by Gasteiger charge is 2.27. The maximum atomic E-state index is 6.08. The van der Waals surface area contributed by atoms with E-state index in [0.29, 0.717) is 11.7 Å². The molecule has 168 valence electrons. The Hall–Kier alpha value is -3.20. The fraction of sp³-hybridized carbons (Fsp3) is 0.478. The van der Waals surface area contributed by atoms with Gasteiger partial charge in [-0.3, -0.25) is 4.99 Å². The number of likely N-dealkylation sites (tertiary alicyclic amines) is 1. The fourth-order valence-electron chi connectivity index (χ4n) is 4.59. The second kappa shape index (κ2) is 9.12. The summed E-state index contributed by atoms with van der Waals surface area (Å²) < 4.78 is 7.65. The normalized spacial score (nSPS) is 17.8. The van der Waals surface area contributed by atoms with Crippen LogP contribution in [0.25, 0.3) is 11.3 Å². The van der Waals surface area contributed by atoms with E-state index >= 15 is 0 Å². The zero-order valence-electron chi connectivity index (χ0n) is 18.5. The number of hydrogen-bond donors (Lipinski definition) is 1. The molecule has 5 heterocycles. The van der Waals surface area contributed by atoms with Crippen LogP contribution in [0.5, 0.6) is 0 Å². The quantitative estimate of drug-likeness (QED) is 0.570. The van der Waals surface area contributed by atoms with Gasteiger partial charge in [0.05, 0.1) is 23.8 Å². The zero-order valence-corrected chi connectivity index (χ0v) is 18.5. The van der Waals surface area contributed by atoms with Gasteiger partial charge in [-0.1, -0.05) is 0 Å². The third kappa shape index (κ3) is 4.12. The summed E-state index contributed by atoms with van der Waals surface area (Å²) in [6.07, 6.45) is 12.3. The lowest BCUT2D eigenvalue weighted by Gasteiger charge is -2.34. The predicted molar refractivity (Wildman–Crippen MR) is 125 cm³/mol. The number of piperidine rings is 1. The molecule has 0 spiro atoms. The molecule has 2 N–H and O–H groups in total. The SMILES string of the molecule is CN=Cc1c(N)ncnc1N1CCC(c2nc(-c3ccoc3)cn2CCN2CCC2)CC1. The maximum Gasteiger partial charge on any atom is 0.142 e. The Labute approximate surface area is 188 Å². The Balaban J connectivity index is 1.34. The second-order valence-corrected chi connectivity index (χ2v) is 8.53. The smallest absolute Gasteiger partial charge is 0.142 e. The van der Waals surface area contributed by atoms with Crippen molar-refractivity contribution in [3.8, 4) is 11.3 Å². The van der Waals surface area contributed by atoms with Crippen molar-refractivity contribution >= 4 is 17.9 Å². The zero-order chi connectivity index (χ0) is 21.9. The van der Waals surface area contributed by atoms with Crippen LogP contribution >= 0.6 is 0 Å². The standard InChI is InChI=1S/C23H30N8O/c1-25-13-19-21(24)26-16-27-23(19)30-8-3-17(4-9-30)22-28-20(18-5-12-32-15-18)14-31(22)11-10-29-6-2-7-29/h5,12-17H,2-4,6-11H2,1H3,(H2,24,26,27). The number of rotatable bonds is 7. The molecule has 9 heteroatoms. The number of nitrogens with two attached hydrogens (primary N) is 1. The number of nitrogens with zero attached hydrogens (tertiary/aromatic N) is 7. The van der Waals surface area contributed by atoms with Gasteiger partial charge in [0.25, 0.3) is 0 Å². The van der Waals surface area contributed by atoms with E-state index in [4.69, 9.17) is 15.1 Å². The summed E-state index contributed by atoms with van der Waals surface area (Å²) in [4.78, 5) is 22.6. The first-order chi connectivity index (χ1) is 15.7. The minimum absolute atomic E-state index is 0.408. The number of aromatic nitrogens is 4. The molecule has 0 amide bonds. The van der Waals surface area contributed by atoms with E-state index in [0.717, 1.165) is 61.7 Å². The molecule has 32 heavy (non-hydrogen) atoms. The van der Waals surface area contributed by atoms with Gasteiger partial charge in [-0.15, -0.1) is 0 Å². The van der Waals surface area contributed by atoms with Crippen LogP contribution < -0.4 is 10.6 Å². The van der Waals surface area contributed by atoms with Crippen molar-refractivity contribution in [1.82, 2.24) is 24.4 Å². The molecule has 0 aromatic carbocycles. The van der Waals surface area contributed by atoms with Gasteiger partial charge in [0, 0.05) is 57.1 Å². The van der Waals surface area contributed by atoms with Crippen LogP contribution in [0.15, 0.2) is 40.5 Å². The molecule has 0 atom stereocenters. The highest BCUT2D eigenvalue weighted by molar-refractivity contribution is 5.91. The van der Waals surface area contributed by atoms with Crippen LogP contribution in [0.4, 0.5) is 11.6 Å². The van der Waals surface area contributed by atoms with Crippen molar-refractivity contribution in [2.24, 2.45) is 4.99 Å². The molecule has 3 aromatic heterocycles. The van der Waals surface area contributed by atoms with E-state index in [9.17, 15) is 0 Å². The lowest BCUT2D eigenvalue weighted by molar-refractivity contribution is 0.173. The minimum Gasteiger partial charge on any atom is -0.472 e. The summed E-state index contributed by atoms with van der Waals surface area (Å²) in [5.74, 6) is 2.92. The largest absolute Gasteiger partial charge is 0.472 e. The van der Waals surface area contributed by atoms with Crippen LogP contribution in [0.3, 0.4) is 0 Å². The third-order valence-corrected chi connectivity index (χ3v) is 6.54. The fourth-order valence-corrected chi connectivity index (χ4v) is 4.59. The number of nitrogen functional groups attached to an aromatic ring is 1. The average Bonchev–Trinajstić information content (AvgIpc) is 3.44. The molecule has 2 aliphatic heterocycles. The lowest BCUT2D eigenvalue weighted by Crippen LogP contribution is -2.39. The number of imidazole rings is 1. The van der Waals surface area contributed by atoms with E-state index in [1.165, 1.54) is 31.7 Å². The van der Waals surface area contributed by atoms with Crippen molar-refractivity contribution < 1.29 is 4.42 Å². The molecule has 0 radical (unpaired) electrons. The first kappa shape index (κ1) is 20.7. The van der Waals surface area contributed by atoms with E-state index < -0.39 is 0 Å². The van der Waals surface area contributed by atoms with E-state index in [2.05, 4.69) is 35.5 Å². The highest BCUT2D eigenvalue weighted by atomic mass is 16.3. The third-order valence-electron chi connectivity index (χ3n) is 6.54. The first-order valence-electron chi connectivity index (χ1n) is 11.3. The molecule has 0 aliphatic carbocycles. The Kier molecular flexibility index (Phi) is 5.89. The molecule has 5 rings (SSSR count). The van der Waals surface area contributed by atoms with E-state index in [1.807, 2.05) is 6.07 Å². The molecule has 2 fully saturated rings. The van der Waals surface area contributed by atoms with Gasteiger partial charge in [0.15, 0.2) is 0 Å². The molecule has 2 saturated heterocycles. The molecule has 2 aliphatic rings. The number of furan rings is 1. The topological polar surface area (TPSA) is 102 Å². The maximum absolute atomic E-state index is 6.08. The summed E-state index contributed by atoms with van der Waals surface area (Å²) >= 11 is 0. The summed E-state index contributed by atoms with van der Waals surface area (Å²) in [5.41, 5.74) is 8.90. The van der Waals surface area contributed by atoms with E-state index in [1.54, 1.807) is 25.8 Å². The van der Waals surface area contributed by atoms with Crippen molar-refractivity contribution in [2.45, 2.75) is 31.7 Å². The number of hydrogen-bond acceptors (Lipinski definition) is 8. The molecule has 0 saturated carbocycles. The molecular formula is C23H30N8O. The second-order valence-electron chi connectivity index (χ2n) is 8.53. The van der Waals surface area contributed by atoms with Gasteiger partial charge < -0.3 is 24.5 Å². The van der Waals surface area contributed by atoms with Gasteiger partial charge in [0.1, 0.15) is 23.8 Å². The first-order valence-corrected chi connectivity index (χ1v) is 11.3. The van der Waals surface area contributed by atoms with Crippen molar-refractivity contribution in [3.63, 3.8) is 0 Å². The molecule has 3 aromatic rings. The monoisotopic (exact) mass is 434 g/mol.